The fourth-order valence-corrected chi connectivity index (χ4v) is 1.23. The van der Waals surface area contributed by atoms with Crippen molar-refractivity contribution in [3.63, 3.8) is 0 Å². The number of hydrogen-bond acceptors (Lipinski definition) is 1. The van der Waals surface area contributed by atoms with Gasteiger partial charge >= 0.3 is 0 Å². The molecule has 0 atom stereocenters. The molecule has 0 bridgehead atoms. The van der Waals surface area contributed by atoms with Crippen LogP contribution in [0.4, 0.5) is 0 Å². The van der Waals surface area contributed by atoms with Crippen molar-refractivity contribution in [2.24, 2.45) is 0 Å². The molecule has 0 amide bonds. The second-order valence-corrected chi connectivity index (χ2v) is 5.30. The summed E-state index contributed by atoms with van der Waals surface area (Å²) in [5.74, 6) is 0.248. The summed E-state index contributed by atoms with van der Waals surface area (Å²) in [6, 6.07) is 6.86. The highest BCUT2D eigenvalue weighted by Gasteiger charge is 2.18. The summed E-state index contributed by atoms with van der Waals surface area (Å²) in [7, 11) is 0. The van der Waals surface area contributed by atoms with Crippen molar-refractivity contribution in [2.75, 3.05) is 0 Å². The molecular formula is C9H9Cl3O. The van der Waals surface area contributed by atoms with Gasteiger partial charge in [0.1, 0.15) is 5.75 Å². The molecule has 0 saturated carbocycles. The van der Waals surface area contributed by atoms with E-state index < -0.39 is 3.79 Å². The molecule has 1 rings (SSSR count). The van der Waals surface area contributed by atoms with Crippen molar-refractivity contribution >= 4 is 34.8 Å². The first-order valence-electron chi connectivity index (χ1n) is 3.82. The average molecular weight is 240 g/mol. The van der Waals surface area contributed by atoms with Crippen LogP contribution in [0.15, 0.2) is 24.3 Å². The maximum Gasteiger partial charge on any atom is 0.190 e. The normalized spacial score (nSPS) is 11.6. The van der Waals surface area contributed by atoms with Crippen LogP contribution in [-0.4, -0.2) is 8.90 Å². The van der Waals surface area contributed by atoms with Gasteiger partial charge in [0.25, 0.3) is 0 Å². The zero-order valence-electron chi connectivity index (χ0n) is 6.80. The van der Waals surface area contributed by atoms with E-state index in [1.807, 2.05) is 12.1 Å². The van der Waals surface area contributed by atoms with Gasteiger partial charge in [0.05, 0.1) is 0 Å². The van der Waals surface area contributed by atoms with Gasteiger partial charge < -0.3 is 5.11 Å². The average Bonchev–Trinajstić information content (AvgIpc) is 2.02. The van der Waals surface area contributed by atoms with Crippen LogP contribution in [0.1, 0.15) is 12.0 Å². The maximum absolute atomic E-state index is 9.01. The van der Waals surface area contributed by atoms with Gasteiger partial charge in [-0.3, -0.25) is 0 Å². The van der Waals surface area contributed by atoms with Crippen LogP contribution in [0.5, 0.6) is 5.75 Å². The van der Waals surface area contributed by atoms with E-state index in [0.29, 0.717) is 12.8 Å². The van der Waals surface area contributed by atoms with Gasteiger partial charge in [-0.15, -0.1) is 0 Å². The van der Waals surface area contributed by atoms with Crippen LogP contribution in [0, 0.1) is 0 Å². The molecule has 0 unspecified atom stereocenters. The Kier molecular flexibility index (Phi) is 3.72. The molecule has 1 aromatic rings. The fraction of sp³-hybridized carbons (Fsp3) is 0.333. The number of aryl methyl sites for hydroxylation is 1. The quantitative estimate of drug-likeness (QED) is 0.780. The van der Waals surface area contributed by atoms with E-state index in [-0.39, 0.29) is 5.75 Å². The monoisotopic (exact) mass is 238 g/mol. The first-order chi connectivity index (χ1) is 5.97. The molecule has 0 heterocycles. The molecular weight excluding hydrogens is 230 g/mol. The van der Waals surface area contributed by atoms with Crippen LogP contribution >= 0.6 is 34.8 Å². The van der Waals surface area contributed by atoms with E-state index in [2.05, 4.69) is 0 Å². The second-order valence-electron chi connectivity index (χ2n) is 2.78. The minimum atomic E-state index is -1.20. The van der Waals surface area contributed by atoms with Gasteiger partial charge in [0.15, 0.2) is 3.79 Å². The Hall–Kier alpha value is -0.110. The zero-order valence-corrected chi connectivity index (χ0v) is 9.07. The van der Waals surface area contributed by atoms with Crippen molar-refractivity contribution in [2.45, 2.75) is 16.6 Å². The molecule has 13 heavy (non-hydrogen) atoms. The lowest BCUT2D eigenvalue weighted by Gasteiger charge is -2.09. The van der Waals surface area contributed by atoms with E-state index in [1.54, 1.807) is 12.1 Å². The Morgan fingerprint density at radius 2 is 1.62 bits per heavy atom. The SMILES string of the molecule is Oc1ccc(CCC(Cl)(Cl)Cl)cc1. The Morgan fingerprint density at radius 1 is 1.08 bits per heavy atom. The summed E-state index contributed by atoms with van der Waals surface area (Å²) in [5, 5.41) is 9.01. The molecule has 0 spiro atoms. The molecule has 0 aliphatic carbocycles. The molecule has 4 heteroatoms. The molecule has 1 aromatic carbocycles. The topological polar surface area (TPSA) is 20.2 Å². The van der Waals surface area contributed by atoms with Crippen LogP contribution in [-0.2, 0) is 6.42 Å². The molecule has 0 saturated heterocycles. The zero-order chi connectivity index (χ0) is 9.90. The number of alkyl halides is 3. The van der Waals surface area contributed by atoms with Gasteiger partial charge in [0.2, 0.25) is 0 Å². The van der Waals surface area contributed by atoms with E-state index in [4.69, 9.17) is 39.9 Å². The summed E-state index contributed by atoms with van der Waals surface area (Å²) >= 11 is 16.8. The van der Waals surface area contributed by atoms with Crippen molar-refractivity contribution in [1.82, 2.24) is 0 Å². The number of rotatable bonds is 2. The van der Waals surface area contributed by atoms with Crippen molar-refractivity contribution in [1.29, 1.82) is 0 Å². The highest BCUT2D eigenvalue weighted by atomic mass is 35.6. The first kappa shape index (κ1) is 11.0. The van der Waals surface area contributed by atoms with E-state index in [9.17, 15) is 0 Å². The number of aromatic hydroxyl groups is 1. The van der Waals surface area contributed by atoms with Crippen molar-refractivity contribution in [3.8, 4) is 5.75 Å². The van der Waals surface area contributed by atoms with Crippen LogP contribution in [0.25, 0.3) is 0 Å². The van der Waals surface area contributed by atoms with Crippen LogP contribution < -0.4 is 0 Å². The fourth-order valence-electron chi connectivity index (χ4n) is 0.949. The molecule has 0 radical (unpaired) electrons. The van der Waals surface area contributed by atoms with Gasteiger partial charge in [-0.05, 0) is 30.5 Å². The number of benzene rings is 1. The van der Waals surface area contributed by atoms with Crippen molar-refractivity contribution < 1.29 is 5.11 Å². The van der Waals surface area contributed by atoms with Gasteiger partial charge in [-0.1, -0.05) is 46.9 Å². The highest BCUT2D eigenvalue weighted by molar-refractivity contribution is 6.67. The van der Waals surface area contributed by atoms with Crippen molar-refractivity contribution in [3.05, 3.63) is 29.8 Å². The minimum Gasteiger partial charge on any atom is -0.508 e. The second kappa shape index (κ2) is 4.41. The van der Waals surface area contributed by atoms with Gasteiger partial charge in [0, 0.05) is 0 Å². The summed E-state index contributed by atoms with van der Waals surface area (Å²) in [6.45, 7) is 0. The Labute approximate surface area is 92.2 Å². The molecule has 1 N–H and O–H groups in total. The van der Waals surface area contributed by atoms with E-state index in [0.717, 1.165) is 5.56 Å². The third-order valence-electron chi connectivity index (χ3n) is 1.63. The molecule has 0 aliphatic rings. The van der Waals surface area contributed by atoms with Gasteiger partial charge in [-0.25, -0.2) is 0 Å². The lowest BCUT2D eigenvalue weighted by atomic mass is 10.1. The van der Waals surface area contributed by atoms with Gasteiger partial charge in [-0.2, -0.15) is 0 Å². The standard InChI is InChI=1S/C9H9Cl3O/c10-9(11,12)6-5-7-1-3-8(13)4-2-7/h1-4,13H,5-6H2. The number of halogens is 3. The van der Waals surface area contributed by atoms with Crippen LogP contribution in [0.2, 0.25) is 0 Å². The summed E-state index contributed by atoms with van der Waals surface area (Å²) in [4.78, 5) is 0. The lowest BCUT2D eigenvalue weighted by Crippen LogP contribution is -2.03. The molecule has 0 aliphatic heterocycles. The smallest absolute Gasteiger partial charge is 0.190 e. The Bertz CT molecular complexity index is 263. The summed E-state index contributed by atoms with van der Waals surface area (Å²) in [5.41, 5.74) is 1.05. The van der Waals surface area contributed by atoms with Crippen LogP contribution in [0.3, 0.4) is 0 Å². The number of phenols is 1. The third kappa shape index (κ3) is 4.61. The number of hydrogen-bond donors (Lipinski definition) is 1. The summed E-state index contributed by atoms with van der Waals surface area (Å²) in [6.07, 6.45) is 1.17. The largest absolute Gasteiger partial charge is 0.508 e. The van der Waals surface area contributed by atoms with E-state index >= 15 is 0 Å². The predicted octanol–water partition coefficient (Wildman–Crippen LogP) is 3.70. The maximum atomic E-state index is 9.01. The Morgan fingerprint density at radius 3 is 2.08 bits per heavy atom. The molecule has 0 fully saturated rings. The highest BCUT2D eigenvalue weighted by Crippen LogP contribution is 2.31. The first-order valence-corrected chi connectivity index (χ1v) is 4.95. The lowest BCUT2D eigenvalue weighted by molar-refractivity contribution is 0.475. The summed E-state index contributed by atoms with van der Waals surface area (Å²) < 4.78 is -1.20. The molecule has 0 aromatic heterocycles. The predicted molar refractivity (Wildman–Crippen MR) is 56.7 cm³/mol. The molecule has 1 nitrogen and oxygen atoms in total. The number of phenolic OH excluding ortho intramolecular Hbond substituents is 1. The third-order valence-corrected chi connectivity index (χ3v) is 2.20. The molecule has 72 valence electrons. The minimum absolute atomic E-state index is 0.248. The Balaban J connectivity index is 2.51. The van der Waals surface area contributed by atoms with E-state index in [1.165, 1.54) is 0 Å².